The van der Waals surface area contributed by atoms with Crippen LogP contribution in [-0.4, -0.2) is 51.1 Å². The first kappa shape index (κ1) is 14.2. The van der Waals surface area contributed by atoms with Gasteiger partial charge in [0.15, 0.2) is 0 Å². The van der Waals surface area contributed by atoms with Gasteiger partial charge < -0.3 is 14.5 Å². The fraction of sp³-hybridized carbons (Fsp3) is 0.667. The monoisotopic (exact) mass is 212 g/mol. The molecule has 88 valence electrons. The zero-order valence-electron chi connectivity index (χ0n) is 10.4. The van der Waals surface area contributed by atoms with Crippen molar-refractivity contribution in [3.63, 3.8) is 0 Å². The van der Waals surface area contributed by atoms with Crippen LogP contribution in [0, 0.1) is 0 Å². The zero-order chi connectivity index (χ0) is 11.5. The summed E-state index contributed by atoms with van der Waals surface area (Å²) in [6.07, 6.45) is 9.62. The lowest BCUT2D eigenvalue weighted by atomic mass is 10.4. The molecule has 0 amide bonds. The Balaban J connectivity index is 3.28. The van der Waals surface area contributed by atoms with Crippen LogP contribution in [0.2, 0.25) is 0 Å². The van der Waals surface area contributed by atoms with E-state index in [9.17, 15) is 0 Å². The van der Waals surface area contributed by atoms with Crippen molar-refractivity contribution in [2.24, 2.45) is 0 Å². The molecule has 0 aliphatic carbocycles. The molecule has 3 nitrogen and oxygen atoms in total. The molecule has 0 heterocycles. The second-order valence-electron chi connectivity index (χ2n) is 4.06. The summed E-state index contributed by atoms with van der Waals surface area (Å²) in [5.74, 6) is 0. The first-order valence-corrected chi connectivity index (χ1v) is 5.38. The molecule has 3 heteroatoms. The predicted octanol–water partition coefficient (Wildman–Crippen LogP) is 1.93. The Bertz CT molecular complexity index is 166. The Labute approximate surface area is 94.0 Å². The van der Waals surface area contributed by atoms with Crippen LogP contribution in [0.5, 0.6) is 0 Å². The van der Waals surface area contributed by atoms with E-state index in [0.717, 1.165) is 25.9 Å². The molecule has 0 unspecified atom stereocenters. The molecule has 0 atom stereocenters. The maximum absolute atomic E-state index is 5.20. The molecule has 0 N–H and O–H groups in total. The molecule has 0 radical (unpaired) electrons. The van der Waals surface area contributed by atoms with Crippen molar-refractivity contribution in [2.75, 3.05) is 41.3 Å². The highest BCUT2D eigenvalue weighted by Gasteiger charge is 1.85. The Hall–Kier alpha value is -0.800. The summed E-state index contributed by atoms with van der Waals surface area (Å²) in [6, 6.07) is 0. The minimum absolute atomic E-state index is 1.03. The van der Waals surface area contributed by atoms with Gasteiger partial charge in [-0.1, -0.05) is 0 Å². The highest BCUT2D eigenvalue weighted by molar-refractivity contribution is 4.80. The maximum Gasteiger partial charge on any atom is 0.0861 e. The first-order valence-electron chi connectivity index (χ1n) is 5.38. The summed E-state index contributed by atoms with van der Waals surface area (Å²) in [4.78, 5) is 4.30. The van der Waals surface area contributed by atoms with Crippen LogP contribution < -0.4 is 0 Å². The van der Waals surface area contributed by atoms with Crippen LogP contribution in [-0.2, 0) is 4.74 Å². The van der Waals surface area contributed by atoms with Gasteiger partial charge in [0.1, 0.15) is 0 Å². The third-order valence-electron chi connectivity index (χ3n) is 1.84. The summed E-state index contributed by atoms with van der Waals surface area (Å²) in [5.41, 5.74) is 0. The molecule has 0 aromatic rings. The Kier molecular flexibility index (Phi) is 9.22. The van der Waals surface area contributed by atoms with Crippen molar-refractivity contribution in [3.8, 4) is 0 Å². The van der Waals surface area contributed by atoms with Gasteiger partial charge in [-0.15, -0.1) is 0 Å². The molecule has 0 aliphatic rings. The topological polar surface area (TPSA) is 15.7 Å². The standard InChI is InChI=1S/C12H24N2O/c1-13(2)9-5-7-11-15-12-8-6-10-14(3)4/h7-8,11-12H,5-6,9-10H2,1-4H3. The van der Waals surface area contributed by atoms with Crippen LogP contribution in [0.25, 0.3) is 0 Å². The number of nitrogens with zero attached hydrogens (tertiary/aromatic N) is 2. The average molecular weight is 212 g/mol. The summed E-state index contributed by atoms with van der Waals surface area (Å²) >= 11 is 0. The van der Waals surface area contributed by atoms with Crippen LogP contribution in [0.15, 0.2) is 24.7 Å². The molecule has 0 aromatic heterocycles. The lowest BCUT2D eigenvalue weighted by Crippen LogP contribution is -2.11. The first-order chi connectivity index (χ1) is 7.13. The lowest BCUT2D eigenvalue weighted by Gasteiger charge is -2.05. The van der Waals surface area contributed by atoms with Gasteiger partial charge in [0.2, 0.25) is 0 Å². The van der Waals surface area contributed by atoms with Crippen molar-refractivity contribution in [1.82, 2.24) is 9.80 Å². The average Bonchev–Trinajstić information content (AvgIpc) is 2.14. The van der Waals surface area contributed by atoms with Gasteiger partial charge in [0, 0.05) is 13.1 Å². The molecule has 0 rings (SSSR count). The van der Waals surface area contributed by atoms with Gasteiger partial charge in [-0.05, 0) is 53.2 Å². The normalized spacial score (nSPS) is 12.4. The molecule has 0 fully saturated rings. The number of hydrogen-bond acceptors (Lipinski definition) is 3. The molecule has 0 aliphatic heterocycles. The molecule has 0 spiro atoms. The van der Waals surface area contributed by atoms with E-state index in [-0.39, 0.29) is 0 Å². The zero-order valence-corrected chi connectivity index (χ0v) is 10.4. The quantitative estimate of drug-likeness (QED) is 0.572. The third kappa shape index (κ3) is 13.2. The van der Waals surface area contributed by atoms with Gasteiger partial charge in [-0.3, -0.25) is 0 Å². The second-order valence-corrected chi connectivity index (χ2v) is 4.06. The van der Waals surface area contributed by atoms with Crippen molar-refractivity contribution in [3.05, 3.63) is 24.7 Å². The van der Waals surface area contributed by atoms with Gasteiger partial charge >= 0.3 is 0 Å². The molecule has 0 bridgehead atoms. The Morgan fingerprint density at radius 2 is 1.20 bits per heavy atom. The summed E-state index contributed by atoms with van der Waals surface area (Å²) in [5, 5.41) is 0. The predicted molar refractivity (Wildman–Crippen MR) is 65.7 cm³/mol. The van der Waals surface area contributed by atoms with E-state index >= 15 is 0 Å². The lowest BCUT2D eigenvalue weighted by molar-refractivity contribution is 0.384. The molecular formula is C12H24N2O. The number of ether oxygens (including phenoxy) is 1. The Morgan fingerprint density at radius 1 is 0.800 bits per heavy atom. The van der Waals surface area contributed by atoms with E-state index in [1.165, 1.54) is 0 Å². The SMILES string of the molecule is CN(C)CCC=COC=CCCN(C)C. The minimum atomic E-state index is 1.03. The van der Waals surface area contributed by atoms with Crippen molar-refractivity contribution in [1.29, 1.82) is 0 Å². The van der Waals surface area contributed by atoms with Crippen LogP contribution in [0.1, 0.15) is 12.8 Å². The minimum Gasteiger partial charge on any atom is -0.473 e. The van der Waals surface area contributed by atoms with Crippen LogP contribution in [0.4, 0.5) is 0 Å². The van der Waals surface area contributed by atoms with Gasteiger partial charge in [0.05, 0.1) is 12.5 Å². The fourth-order valence-corrected chi connectivity index (χ4v) is 0.958. The van der Waals surface area contributed by atoms with Crippen molar-refractivity contribution < 1.29 is 4.74 Å². The van der Waals surface area contributed by atoms with E-state index in [1.807, 2.05) is 12.2 Å². The number of hydrogen-bond donors (Lipinski definition) is 0. The van der Waals surface area contributed by atoms with Gasteiger partial charge in [-0.2, -0.15) is 0 Å². The third-order valence-corrected chi connectivity index (χ3v) is 1.84. The van der Waals surface area contributed by atoms with E-state index in [2.05, 4.69) is 38.0 Å². The van der Waals surface area contributed by atoms with Crippen molar-refractivity contribution in [2.45, 2.75) is 12.8 Å². The molecule has 0 saturated heterocycles. The largest absolute Gasteiger partial charge is 0.473 e. The molecule has 0 saturated carbocycles. The number of rotatable bonds is 8. The smallest absolute Gasteiger partial charge is 0.0861 e. The summed E-state index contributed by atoms with van der Waals surface area (Å²) in [6.45, 7) is 2.12. The van der Waals surface area contributed by atoms with Gasteiger partial charge in [0.25, 0.3) is 0 Å². The fourth-order valence-electron chi connectivity index (χ4n) is 0.958. The van der Waals surface area contributed by atoms with Crippen LogP contribution >= 0.6 is 0 Å². The highest BCUT2D eigenvalue weighted by atomic mass is 16.5. The second kappa shape index (κ2) is 9.74. The molecule has 0 aromatic carbocycles. The molecular weight excluding hydrogens is 188 g/mol. The van der Waals surface area contributed by atoms with Gasteiger partial charge in [-0.25, -0.2) is 0 Å². The highest BCUT2D eigenvalue weighted by Crippen LogP contribution is 1.90. The summed E-state index contributed by atoms with van der Waals surface area (Å²) in [7, 11) is 8.26. The van der Waals surface area contributed by atoms with E-state index in [0.29, 0.717) is 0 Å². The summed E-state index contributed by atoms with van der Waals surface area (Å²) < 4.78 is 5.20. The van der Waals surface area contributed by atoms with E-state index in [4.69, 9.17) is 4.74 Å². The Morgan fingerprint density at radius 3 is 1.53 bits per heavy atom. The van der Waals surface area contributed by atoms with E-state index < -0.39 is 0 Å². The molecule has 15 heavy (non-hydrogen) atoms. The maximum atomic E-state index is 5.20. The van der Waals surface area contributed by atoms with E-state index in [1.54, 1.807) is 12.5 Å². The van der Waals surface area contributed by atoms with Crippen molar-refractivity contribution >= 4 is 0 Å². The van der Waals surface area contributed by atoms with Crippen LogP contribution in [0.3, 0.4) is 0 Å².